The van der Waals surface area contributed by atoms with Crippen molar-refractivity contribution < 1.29 is 12.9 Å². The zero-order chi connectivity index (χ0) is 21.1. The van der Waals surface area contributed by atoms with Crippen molar-refractivity contribution in [3.8, 4) is 10.6 Å². The molecule has 4 rings (SSSR count). The number of nitrogens with one attached hydrogen (secondary N) is 1. The Morgan fingerprint density at radius 1 is 1.03 bits per heavy atom. The topological polar surface area (TPSA) is 72.2 Å². The van der Waals surface area contributed by atoms with Gasteiger partial charge >= 0.3 is 0 Å². The summed E-state index contributed by atoms with van der Waals surface area (Å²) in [6.45, 7) is 0.0646. The molecule has 0 unspecified atom stereocenters. The highest BCUT2D eigenvalue weighted by atomic mass is 35.5. The fraction of sp³-hybridized carbons (Fsp3) is 0.0500. The summed E-state index contributed by atoms with van der Waals surface area (Å²) in [6.07, 6.45) is 1.44. The van der Waals surface area contributed by atoms with E-state index in [4.69, 9.17) is 27.7 Å². The lowest BCUT2D eigenvalue weighted by atomic mass is 10.2. The second kappa shape index (κ2) is 9.13. The van der Waals surface area contributed by atoms with Crippen LogP contribution in [0.5, 0.6) is 0 Å². The van der Waals surface area contributed by atoms with Crippen LogP contribution in [0.2, 0.25) is 10.0 Å². The average Bonchev–Trinajstić information content (AvgIpc) is 3.41. The van der Waals surface area contributed by atoms with Gasteiger partial charge in [0.05, 0.1) is 4.88 Å². The molecule has 0 fully saturated rings. The number of halogens is 2. The molecule has 0 bridgehead atoms. The molecule has 0 amide bonds. The molecule has 2 aromatic heterocycles. The molecule has 5 nitrogen and oxygen atoms in total. The lowest BCUT2D eigenvalue weighted by Gasteiger charge is -2.12. The highest BCUT2D eigenvalue weighted by Gasteiger charge is 2.19. The fourth-order valence-electron chi connectivity index (χ4n) is 2.62. The minimum Gasteiger partial charge on any atom is -0.364 e. The first kappa shape index (κ1) is 21.4. The Labute approximate surface area is 192 Å². The largest absolute Gasteiger partial charge is 0.364 e. The van der Waals surface area contributed by atoms with Gasteiger partial charge in [-0.3, -0.25) is 0 Å². The molecule has 0 aliphatic heterocycles. The quantitative estimate of drug-likeness (QED) is 0.323. The standard InChI is InChI=1S/C20H14Cl2N2O3S3/c21-13-4-6-14(7-5-13)28-18-3-1-2-16(22)15(18)12-23-30(25,26)20-9-8-19(29-20)17-10-11-27-24-17/h1-11,23H,12H2. The molecule has 0 saturated heterocycles. The molecule has 4 aromatic rings. The molecule has 2 heterocycles. The second-order valence-electron chi connectivity index (χ2n) is 6.10. The molecular formula is C20H14Cl2N2O3S3. The Morgan fingerprint density at radius 3 is 2.57 bits per heavy atom. The Hall–Kier alpha value is -1.81. The summed E-state index contributed by atoms with van der Waals surface area (Å²) in [4.78, 5) is 2.55. The molecule has 0 aliphatic carbocycles. The first-order chi connectivity index (χ1) is 14.4. The number of hydrogen-bond acceptors (Lipinski definition) is 6. The molecule has 0 atom stereocenters. The number of nitrogens with zero attached hydrogens (tertiary/aromatic N) is 1. The Morgan fingerprint density at radius 2 is 1.83 bits per heavy atom. The van der Waals surface area contributed by atoms with E-state index in [0.29, 0.717) is 26.2 Å². The van der Waals surface area contributed by atoms with Gasteiger partial charge in [-0.2, -0.15) is 0 Å². The zero-order valence-corrected chi connectivity index (χ0v) is 19.2. The van der Waals surface area contributed by atoms with Crippen molar-refractivity contribution in [1.82, 2.24) is 9.88 Å². The molecule has 1 N–H and O–H groups in total. The van der Waals surface area contributed by atoms with Gasteiger partial charge in [0.25, 0.3) is 0 Å². The smallest absolute Gasteiger partial charge is 0.250 e. The van der Waals surface area contributed by atoms with Crippen molar-refractivity contribution in [1.29, 1.82) is 0 Å². The van der Waals surface area contributed by atoms with Crippen molar-refractivity contribution in [2.24, 2.45) is 0 Å². The Kier molecular flexibility index (Phi) is 6.52. The predicted molar refractivity (Wildman–Crippen MR) is 121 cm³/mol. The molecule has 0 spiro atoms. The van der Waals surface area contributed by atoms with Gasteiger partial charge in [0.1, 0.15) is 16.2 Å². The van der Waals surface area contributed by atoms with Gasteiger partial charge in [-0.1, -0.05) is 46.2 Å². The minimum atomic E-state index is -3.72. The number of benzene rings is 2. The van der Waals surface area contributed by atoms with Crippen LogP contribution >= 0.6 is 46.3 Å². The minimum absolute atomic E-state index is 0.0646. The van der Waals surface area contributed by atoms with Gasteiger partial charge in [0.2, 0.25) is 10.0 Å². The monoisotopic (exact) mass is 496 g/mol. The normalized spacial score (nSPS) is 11.7. The number of rotatable bonds is 7. The summed E-state index contributed by atoms with van der Waals surface area (Å²) in [7, 11) is -3.72. The van der Waals surface area contributed by atoms with E-state index in [1.165, 1.54) is 18.0 Å². The molecule has 0 saturated carbocycles. The van der Waals surface area contributed by atoms with Crippen molar-refractivity contribution >= 4 is 56.3 Å². The van der Waals surface area contributed by atoms with Gasteiger partial charge in [-0.15, -0.1) is 11.3 Å². The van der Waals surface area contributed by atoms with Crippen LogP contribution in [-0.2, 0) is 16.6 Å². The van der Waals surface area contributed by atoms with Crippen LogP contribution in [0.15, 0.2) is 85.5 Å². The third kappa shape index (κ3) is 4.91. The van der Waals surface area contributed by atoms with Crippen LogP contribution in [0.3, 0.4) is 0 Å². The maximum absolute atomic E-state index is 12.8. The van der Waals surface area contributed by atoms with Crippen LogP contribution in [0, 0.1) is 0 Å². The Bertz CT molecular complexity index is 1250. The lowest BCUT2D eigenvalue weighted by molar-refractivity contribution is 0.422. The summed E-state index contributed by atoms with van der Waals surface area (Å²) in [6, 6.07) is 17.8. The van der Waals surface area contributed by atoms with E-state index >= 15 is 0 Å². The van der Waals surface area contributed by atoms with E-state index in [-0.39, 0.29) is 10.8 Å². The van der Waals surface area contributed by atoms with Gasteiger partial charge in [-0.25, -0.2) is 13.1 Å². The summed E-state index contributed by atoms with van der Waals surface area (Å²) in [5.74, 6) is 0. The van der Waals surface area contributed by atoms with Crippen molar-refractivity contribution in [3.05, 3.63) is 82.5 Å². The average molecular weight is 497 g/mol. The van der Waals surface area contributed by atoms with Crippen LogP contribution in [0.1, 0.15) is 5.56 Å². The second-order valence-corrected chi connectivity index (χ2v) is 11.1. The number of thiophene rings is 1. The third-order valence-corrected chi connectivity index (χ3v) is 8.81. The van der Waals surface area contributed by atoms with Crippen molar-refractivity contribution in [2.75, 3.05) is 0 Å². The first-order valence-corrected chi connectivity index (χ1v) is 12.5. The Balaban J connectivity index is 1.53. The molecule has 154 valence electrons. The van der Waals surface area contributed by atoms with Crippen LogP contribution < -0.4 is 4.72 Å². The summed E-state index contributed by atoms with van der Waals surface area (Å²) < 4.78 is 33.3. The van der Waals surface area contributed by atoms with E-state index in [1.54, 1.807) is 36.4 Å². The maximum atomic E-state index is 12.8. The van der Waals surface area contributed by atoms with Gasteiger partial charge in [0, 0.05) is 32.4 Å². The van der Waals surface area contributed by atoms with Crippen LogP contribution in [0.25, 0.3) is 10.6 Å². The SMILES string of the molecule is O=S(=O)(NCc1c(Cl)cccc1Sc1ccc(Cl)cc1)c1ccc(-c2ccon2)s1. The summed E-state index contributed by atoms with van der Waals surface area (Å²) in [5, 5.41) is 4.98. The summed E-state index contributed by atoms with van der Waals surface area (Å²) >= 11 is 14.9. The third-order valence-electron chi connectivity index (χ3n) is 4.09. The van der Waals surface area contributed by atoms with Crippen molar-refractivity contribution in [2.45, 2.75) is 20.5 Å². The molecule has 10 heteroatoms. The molecule has 0 aliphatic rings. The van der Waals surface area contributed by atoms with Gasteiger partial charge in [-0.05, 0) is 54.1 Å². The van der Waals surface area contributed by atoms with Crippen LogP contribution in [-0.4, -0.2) is 13.6 Å². The number of aromatic nitrogens is 1. The van der Waals surface area contributed by atoms with Crippen molar-refractivity contribution in [3.63, 3.8) is 0 Å². The molecule has 0 radical (unpaired) electrons. The predicted octanol–water partition coefficient (Wildman–Crippen LogP) is 6.34. The van der Waals surface area contributed by atoms with E-state index in [1.807, 2.05) is 24.3 Å². The van der Waals surface area contributed by atoms with Gasteiger partial charge < -0.3 is 4.52 Å². The fourth-order valence-corrected chi connectivity index (χ4v) is 6.32. The number of sulfonamides is 1. The van der Waals surface area contributed by atoms with E-state index in [2.05, 4.69) is 9.88 Å². The molecule has 30 heavy (non-hydrogen) atoms. The first-order valence-electron chi connectivity index (χ1n) is 8.63. The number of hydrogen-bond donors (Lipinski definition) is 1. The lowest BCUT2D eigenvalue weighted by Crippen LogP contribution is -2.22. The summed E-state index contributed by atoms with van der Waals surface area (Å²) in [5.41, 5.74) is 1.30. The van der Waals surface area contributed by atoms with E-state index in [0.717, 1.165) is 21.1 Å². The highest BCUT2D eigenvalue weighted by molar-refractivity contribution is 7.99. The van der Waals surface area contributed by atoms with Crippen LogP contribution in [0.4, 0.5) is 0 Å². The maximum Gasteiger partial charge on any atom is 0.250 e. The van der Waals surface area contributed by atoms with E-state index < -0.39 is 10.0 Å². The van der Waals surface area contributed by atoms with Gasteiger partial charge in [0.15, 0.2) is 0 Å². The van der Waals surface area contributed by atoms with E-state index in [9.17, 15) is 8.42 Å². The molecule has 2 aromatic carbocycles. The zero-order valence-electron chi connectivity index (χ0n) is 15.2. The highest BCUT2D eigenvalue weighted by Crippen LogP contribution is 2.35. The molecular weight excluding hydrogens is 483 g/mol.